The van der Waals surface area contributed by atoms with E-state index in [9.17, 15) is 4.79 Å². The summed E-state index contributed by atoms with van der Waals surface area (Å²) < 4.78 is 15.7. The number of nitrogens with one attached hydrogen (secondary N) is 1. The minimum absolute atomic E-state index is 0.377. The molecule has 7 nitrogen and oxygen atoms in total. The van der Waals surface area contributed by atoms with Crippen molar-refractivity contribution in [2.24, 2.45) is 5.10 Å². The molecular formula is C16H19N3O4. The van der Waals surface area contributed by atoms with Gasteiger partial charge in [-0.3, -0.25) is 4.79 Å². The summed E-state index contributed by atoms with van der Waals surface area (Å²) >= 11 is 0. The van der Waals surface area contributed by atoms with E-state index >= 15 is 0 Å². The maximum Gasteiger partial charge on any atom is 0.271 e. The second kappa shape index (κ2) is 7.35. The fourth-order valence-electron chi connectivity index (χ4n) is 1.81. The van der Waals surface area contributed by atoms with Gasteiger partial charge in [-0.25, -0.2) is 5.43 Å². The van der Waals surface area contributed by atoms with Crippen LogP contribution in [0, 0.1) is 0 Å². The van der Waals surface area contributed by atoms with Gasteiger partial charge in [-0.05, 0) is 18.2 Å². The molecule has 2 aromatic rings. The highest BCUT2D eigenvalue weighted by atomic mass is 16.5. The molecule has 0 bridgehead atoms. The Hall–Kier alpha value is -2.96. The van der Waals surface area contributed by atoms with Gasteiger partial charge in [0.2, 0.25) is 0 Å². The lowest BCUT2D eigenvalue weighted by molar-refractivity contribution is 0.0954. The molecule has 1 amide bonds. The molecule has 0 saturated heterocycles. The van der Waals surface area contributed by atoms with E-state index in [1.165, 1.54) is 20.4 Å². The molecule has 0 aliphatic rings. The van der Waals surface area contributed by atoms with E-state index in [1.807, 2.05) is 25.1 Å². The van der Waals surface area contributed by atoms with Crippen molar-refractivity contribution in [3.8, 4) is 11.5 Å². The van der Waals surface area contributed by atoms with Gasteiger partial charge < -0.3 is 18.8 Å². The van der Waals surface area contributed by atoms with Crippen LogP contribution >= 0.6 is 0 Å². The van der Waals surface area contributed by atoms with Crippen molar-refractivity contribution < 1.29 is 18.7 Å². The first-order valence-electron chi connectivity index (χ1n) is 6.87. The van der Waals surface area contributed by atoms with Crippen LogP contribution < -0.4 is 19.8 Å². The zero-order chi connectivity index (χ0) is 16.8. The van der Waals surface area contributed by atoms with Crippen LogP contribution in [0.2, 0.25) is 0 Å². The molecule has 2 rings (SSSR count). The van der Waals surface area contributed by atoms with Gasteiger partial charge in [0.1, 0.15) is 17.3 Å². The molecule has 0 fully saturated rings. The molecule has 7 heteroatoms. The normalized spacial score (nSPS) is 10.6. The van der Waals surface area contributed by atoms with E-state index in [1.54, 1.807) is 24.3 Å². The molecule has 1 aromatic heterocycles. The molecule has 0 radical (unpaired) electrons. The number of rotatable bonds is 6. The molecule has 23 heavy (non-hydrogen) atoms. The minimum Gasteiger partial charge on any atom is -0.497 e. The van der Waals surface area contributed by atoms with Crippen LogP contribution in [-0.4, -0.2) is 40.4 Å². The molecule has 0 atom stereocenters. The Morgan fingerprint density at radius 2 is 1.83 bits per heavy atom. The fourth-order valence-corrected chi connectivity index (χ4v) is 1.81. The molecule has 0 spiro atoms. The molecule has 0 aliphatic carbocycles. The van der Waals surface area contributed by atoms with E-state index < -0.39 is 0 Å². The van der Waals surface area contributed by atoms with Crippen LogP contribution in [0.4, 0.5) is 5.88 Å². The number of furan rings is 1. The summed E-state index contributed by atoms with van der Waals surface area (Å²) in [6.07, 6.45) is 1.43. The van der Waals surface area contributed by atoms with E-state index in [0.29, 0.717) is 28.7 Å². The standard InChI is InChI=1S/C16H19N3O4/c1-19(2)15-6-5-12(23-15)10-17-18-16(20)11-7-13(21-3)9-14(8-11)22-4/h5-10H,1-4H3,(H,18,20)/b17-10-. The molecular weight excluding hydrogens is 298 g/mol. The summed E-state index contributed by atoms with van der Waals surface area (Å²) in [7, 11) is 6.79. The number of nitrogens with zero attached hydrogens (tertiary/aromatic N) is 2. The Morgan fingerprint density at radius 3 is 2.35 bits per heavy atom. The highest BCUT2D eigenvalue weighted by molar-refractivity contribution is 5.95. The van der Waals surface area contributed by atoms with E-state index in [2.05, 4.69) is 10.5 Å². The molecule has 122 valence electrons. The predicted molar refractivity (Wildman–Crippen MR) is 87.6 cm³/mol. The van der Waals surface area contributed by atoms with E-state index in [4.69, 9.17) is 13.9 Å². The number of benzene rings is 1. The maximum atomic E-state index is 12.1. The van der Waals surface area contributed by atoms with Crippen molar-refractivity contribution in [1.82, 2.24) is 5.43 Å². The predicted octanol–water partition coefficient (Wildman–Crippen LogP) is 2.13. The van der Waals surface area contributed by atoms with Gasteiger partial charge in [0, 0.05) is 31.8 Å². The van der Waals surface area contributed by atoms with Gasteiger partial charge in [-0.2, -0.15) is 5.10 Å². The molecule has 0 aliphatic heterocycles. The second-order valence-corrected chi connectivity index (χ2v) is 4.87. The molecule has 1 aromatic carbocycles. The molecule has 0 saturated carbocycles. The molecule has 1 heterocycles. The summed E-state index contributed by atoms with van der Waals surface area (Å²) in [5.41, 5.74) is 2.82. The Balaban J connectivity index is 2.05. The van der Waals surface area contributed by atoms with Crippen LogP contribution in [0.5, 0.6) is 11.5 Å². The Morgan fingerprint density at radius 1 is 1.17 bits per heavy atom. The van der Waals surface area contributed by atoms with Gasteiger partial charge in [-0.15, -0.1) is 0 Å². The number of ether oxygens (including phenoxy) is 2. The SMILES string of the molecule is COc1cc(OC)cc(C(=O)N/N=C\c2ccc(N(C)C)o2)c1. The number of anilines is 1. The maximum absolute atomic E-state index is 12.1. The van der Waals surface area contributed by atoms with Crippen LogP contribution in [0.1, 0.15) is 16.1 Å². The van der Waals surface area contributed by atoms with Gasteiger partial charge >= 0.3 is 0 Å². The topological polar surface area (TPSA) is 76.3 Å². The average Bonchev–Trinajstić information content (AvgIpc) is 3.03. The first-order valence-corrected chi connectivity index (χ1v) is 6.87. The van der Waals surface area contributed by atoms with Crippen LogP contribution in [0.3, 0.4) is 0 Å². The zero-order valence-electron chi connectivity index (χ0n) is 13.5. The first-order chi connectivity index (χ1) is 11.0. The quantitative estimate of drug-likeness (QED) is 0.652. The summed E-state index contributed by atoms with van der Waals surface area (Å²) in [6.45, 7) is 0. The van der Waals surface area contributed by atoms with Crippen molar-refractivity contribution in [2.75, 3.05) is 33.2 Å². The largest absolute Gasteiger partial charge is 0.497 e. The van der Waals surface area contributed by atoms with Gasteiger partial charge in [0.15, 0.2) is 5.88 Å². The van der Waals surface area contributed by atoms with Crippen molar-refractivity contribution in [1.29, 1.82) is 0 Å². The summed E-state index contributed by atoms with van der Waals surface area (Å²) in [4.78, 5) is 13.9. The van der Waals surface area contributed by atoms with Crippen LogP contribution in [-0.2, 0) is 0 Å². The summed E-state index contributed by atoms with van der Waals surface area (Å²) in [6, 6.07) is 8.47. The first kappa shape index (κ1) is 16.4. The third-order valence-corrected chi connectivity index (χ3v) is 3.02. The van der Waals surface area contributed by atoms with Gasteiger partial charge in [0.25, 0.3) is 5.91 Å². The van der Waals surface area contributed by atoms with Crippen LogP contribution in [0.15, 0.2) is 39.9 Å². The van der Waals surface area contributed by atoms with Crippen molar-refractivity contribution >= 4 is 18.0 Å². The summed E-state index contributed by atoms with van der Waals surface area (Å²) in [5.74, 6) is 1.92. The highest BCUT2D eigenvalue weighted by Crippen LogP contribution is 2.22. The molecule has 1 N–H and O–H groups in total. The third kappa shape index (κ3) is 4.26. The fraction of sp³-hybridized carbons (Fsp3) is 0.250. The monoisotopic (exact) mass is 317 g/mol. The minimum atomic E-state index is -0.377. The smallest absolute Gasteiger partial charge is 0.271 e. The lowest BCUT2D eigenvalue weighted by atomic mass is 10.2. The van der Waals surface area contributed by atoms with Gasteiger partial charge in [-0.1, -0.05) is 0 Å². The zero-order valence-corrected chi connectivity index (χ0v) is 13.5. The number of amides is 1. The average molecular weight is 317 g/mol. The lowest BCUT2D eigenvalue weighted by Gasteiger charge is -2.07. The number of hydrazone groups is 1. The lowest BCUT2D eigenvalue weighted by Crippen LogP contribution is -2.17. The van der Waals surface area contributed by atoms with E-state index in [0.717, 1.165) is 0 Å². The summed E-state index contributed by atoms with van der Waals surface area (Å²) in [5, 5.41) is 3.88. The second-order valence-electron chi connectivity index (χ2n) is 4.87. The Bertz CT molecular complexity index is 685. The number of hydrogen-bond donors (Lipinski definition) is 1. The third-order valence-electron chi connectivity index (χ3n) is 3.02. The Kier molecular flexibility index (Phi) is 5.24. The van der Waals surface area contributed by atoms with Gasteiger partial charge in [0.05, 0.1) is 20.4 Å². The number of carbonyl (C=O) groups excluding carboxylic acids is 1. The van der Waals surface area contributed by atoms with Crippen molar-refractivity contribution in [2.45, 2.75) is 0 Å². The van der Waals surface area contributed by atoms with Crippen molar-refractivity contribution in [3.63, 3.8) is 0 Å². The number of carbonyl (C=O) groups is 1. The highest BCUT2D eigenvalue weighted by Gasteiger charge is 2.09. The van der Waals surface area contributed by atoms with Crippen molar-refractivity contribution in [3.05, 3.63) is 41.7 Å². The molecule has 0 unspecified atom stereocenters. The number of hydrogen-bond acceptors (Lipinski definition) is 6. The van der Waals surface area contributed by atoms with E-state index in [-0.39, 0.29) is 5.91 Å². The van der Waals surface area contributed by atoms with Crippen LogP contribution in [0.25, 0.3) is 0 Å². The Labute approximate surface area is 134 Å². The number of methoxy groups -OCH3 is 2.